The maximum atomic E-state index is 11.0. The van der Waals surface area contributed by atoms with Crippen molar-refractivity contribution in [2.24, 2.45) is 5.73 Å². The van der Waals surface area contributed by atoms with E-state index in [1.54, 1.807) is 13.8 Å². The van der Waals surface area contributed by atoms with Crippen LogP contribution in [0.15, 0.2) is 0 Å². The molecular weight excluding hydrogens is 238 g/mol. The number of nitrogens with zero attached hydrogens (tertiary/aromatic N) is 3. The summed E-state index contributed by atoms with van der Waals surface area (Å²) in [6.45, 7) is 5.76. The van der Waals surface area contributed by atoms with Crippen LogP contribution in [0, 0.1) is 17.0 Å². The van der Waals surface area contributed by atoms with Crippen molar-refractivity contribution in [1.82, 2.24) is 9.78 Å². The van der Waals surface area contributed by atoms with Crippen LogP contribution in [-0.4, -0.2) is 38.5 Å². The van der Waals surface area contributed by atoms with Crippen molar-refractivity contribution in [2.75, 3.05) is 11.9 Å². The van der Waals surface area contributed by atoms with Gasteiger partial charge in [0, 0.05) is 19.1 Å². The maximum absolute atomic E-state index is 11.0. The van der Waals surface area contributed by atoms with Crippen molar-refractivity contribution in [3.05, 3.63) is 15.8 Å². The Hall–Kier alpha value is -1.67. The molecule has 2 atom stereocenters. The minimum Gasteiger partial charge on any atom is -0.392 e. The summed E-state index contributed by atoms with van der Waals surface area (Å²) in [4.78, 5) is 10.5. The van der Waals surface area contributed by atoms with Crippen molar-refractivity contribution >= 4 is 11.5 Å². The number of rotatable bonds is 6. The lowest BCUT2D eigenvalue weighted by atomic mass is 10.2. The number of hydrogen-bond donors (Lipinski definition) is 3. The van der Waals surface area contributed by atoms with Gasteiger partial charge in [0.15, 0.2) is 0 Å². The number of aromatic nitrogens is 2. The molecule has 4 N–H and O–H groups in total. The number of hydrogen-bond acceptors (Lipinski definition) is 6. The monoisotopic (exact) mass is 257 g/mol. The SMILES string of the molecule is CCn1nc(C)c([N+](=O)[O-])c1NCC(N)C(C)O. The molecule has 0 aliphatic heterocycles. The number of aliphatic hydroxyl groups is 1. The van der Waals surface area contributed by atoms with E-state index in [2.05, 4.69) is 10.4 Å². The van der Waals surface area contributed by atoms with E-state index in [4.69, 9.17) is 5.73 Å². The second-order valence-corrected chi connectivity index (χ2v) is 4.14. The summed E-state index contributed by atoms with van der Waals surface area (Å²) in [6, 6.07) is -0.495. The molecule has 8 heteroatoms. The molecule has 2 unspecified atom stereocenters. The van der Waals surface area contributed by atoms with E-state index >= 15 is 0 Å². The Morgan fingerprint density at radius 3 is 2.72 bits per heavy atom. The average Bonchev–Trinajstić information content (AvgIpc) is 2.61. The number of nitrogens with two attached hydrogens (primary N) is 1. The number of anilines is 1. The summed E-state index contributed by atoms with van der Waals surface area (Å²) >= 11 is 0. The lowest BCUT2D eigenvalue weighted by Crippen LogP contribution is -2.39. The highest BCUT2D eigenvalue weighted by Crippen LogP contribution is 2.27. The lowest BCUT2D eigenvalue weighted by molar-refractivity contribution is -0.384. The van der Waals surface area contributed by atoms with Gasteiger partial charge >= 0.3 is 5.69 Å². The highest BCUT2D eigenvalue weighted by Gasteiger charge is 2.25. The molecule has 0 saturated heterocycles. The Bertz CT molecular complexity index is 429. The Labute approximate surface area is 105 Å². The zero-order chi connectivity index (χ0) is 13.9. The van der Waals surface area contributed by atoms with Gasteiger partial charge in [-0.15, -0.1) is 0 Å². The third-order valence-corrected chi connectivity index (χ3v) is 2.70. The van der Waals surface area contributed by atoms with Crippen LogP contribution in [-0.2, 0) is 6.54 Å². The fourth-order valence-electron chi connectivity index (χ4n) is 1.58. The molecule has 0 bridgehead atoms. The molecule has 8 nitrogen and oxygen atoms in total. The molecule has 18 heavy (non-hydrogen) atoms. The van der Waals surface area contributed by atoms with E-state index in [0.29, 0.717) is 18.1 Å². The smallest absolute Gasteiger partial charge is 0.333 e. The molecule has 0 radical (unpaired) electrons. The van der Waals surface area contributed by atoms with Gasteiger partial charge in [-0.05, 0) is 20.8 Å². The van der Waals surface area contributed by atoms with Gasteiger partial charge in [0.05, 0.1) is 11.0 Å². The molecule has 0 aliphatic rings. The van der Waals surface area contributed by atoms with Gasteiger partial charge in [0.2, 0.25) is 5.82 Å². The van der Waals surface area contributed by atoms with E-state index in [9.17, 15) is 15.2 Å². The zero-order valence-electron chi connectivity index (χ0n) is 10.8. The second-order valence-electron chi connectivity index (χ2n) is 4.14. The Balaban J connectivity index is 2.95. The molecule has 1 rings (SSSR count). The fraction of sp³-hybridized carbons (Fsp3) is 0.700. The number of nitro groups is 1. The molecule has 1 aromatic rings. The third-order valence-electron chi connectivity index (χ3n) is 2.70. The number of nitrogens with one attached hydrogen (secondary N) is 1. The summed E-state index contributed by atoms with van der Waals surface area (Å²) in [7, 11) is 0. The van der Waals surface area contributed by atoms with E-state index < -0.39 is 17.1 Å². The number of aliphatic hydroxyl groups excluding tert-OH is 1. The topological polar surface area (TPSA) is 119 Å². The molecule has 0 aliphatic carbocycles. The Morgan fingerprint density at radius 1 is 1.67 bits per heavy atom. The van der Waals surface area contributed by atoms with Gasteiger partial charge in [0.25, 0.3) is 0 Å². The van der Waals surface area contributed by atoms with Crippen LogP contribution in [0.25, 0.3) is 0 Å². The first-order valence-electron chi connectivity index (χ1n) is 5.77. The summed E-state index contributed by atoms with van der Waals surface area (Å²) in [6.07, 6.45) is -0.685. The highest BCUT2D eigenvalue weighted by atomic mass is 16.6. The van der Waals surface area contributed by atoms with Crippen LogP contribution in [0.2, 0.25) is 0 Å². The van der Waals surface area contributed by atoms with Crippen molar-refractivity contribution in [1.29, 1.82) is 0 Å². The van der Waals surface area contributed by atoms with Crippen LogP contribution >= 0.6 is 0 Å². The summed E-state index contributed by atoms with van der Waals surface area (Å²) in [5.74, 6) is 0.330. The normalized spacial score (nSPS) is 14.3. The molecule has 102 valence electrons. The van der Waals surface area contributed by atoms with E-state index in [1.165, 1.54) is 4.68 Å². The first-order chi connectivity index (χ1) is 8.38. The van der Waals surface area contributed by atoms with Gasteiger partial charge in [-0.25, -0.2) is 4.68 Å². The van der Waals surface area contributed by atoms with Gasteiger partial charge in [-0.2, -0.15) is 5.10 Å². The minimum atomic E-state index is -0.685. The van der Waals surface area contributed by atoms with Gasteiger partial charge < -0.3 is 16.2 Å². The summed E-state index contributed by atoms with van der Waals surface area (Å²) < 4.78 is 1.52. The molecule has 1 heterocycles. The van der Waals surface area contributed by atoms with Crippen LogP contribution in [0.1, 0.15) is 19.5 Å². The Morgan fingerprint density at radius 2 is 2.28 bits per heavy atom. The van der Waals surface area contributed by atoms with Crippen molar-refractivity contribution in [3.8, 4) is 0 Å². The molecule has 0 saturated carbocycles. The van der Waals surface area contributed by atoms with Crippen molar-refractivity contribution in [2.45, 2.75) is 39.5 Å². The van der Waals surface area contributed by atoms with Crippen molar-refractivity contribution < 1.29 is 10.0 Å². The minimum absolute atomic E-state index is 0.0466. The second kappa shape index (κ2) is 5.78. The molecule has 0 fully saturated rings. The molecule has 0 amide bonds. The first kappa shape index (κ1) is 14.4. The Kier molecular flexibility index (Phi) is 4.62. The highest BCUT2D eigenvalue weighted by molar-refractivity contribution is 5.59. The van der Waals surface area contributed by atoms with Crippen LogP contribution < -0.4 is 11.1 Å². The van der Waals surface area contributed by atoms with E-state index in [1.807, 2.05) is 6.92 Å². The van der Waals surface area contributed by atoms with Gasteiger partial charge in [0.1, 0.15) is 5.69 Å². The zero-order valence-corrected chi connectivity index (χ0v) is 10.8. The van der Waals surface area contributed by atoms with E-state index in [-0.39, 0.29) is 12.2 Å². The summed E-state index contributed by atoms with van der Waals surface area (Å²) in [5, 5.41) is 27.2. The van der Waals surface area contributed by atoms with Gasteiger partial charge in [-0.1, -0.05) is 0 Å². The number of aryl methyl sites for hydroxylation is 2. The van der Waals surface area contributed by atoms with E-state index in [0.717, 1.165) is 0 Å². The standard InChI is InChI=1S/C10H19N5O3/c1-4-14-10(12-5-8(11)7(3)16)9(15(17)18)6(2)13-14/h7-8,12,16H,4-5,11H2,1-3H3. The molecular formula is C10H19N5O3. The largest absolute Gasteiger partial charge is 0.392 e. The quantitative estimate of drug-likeness (QED) is 0.496. The molecule has 0 spiro atoms. The lowest BCUT2D eigenvalue weighted by Gasteiger charge is -2.16. The maximum Gasteiger partial charge on any atom is 0.333 e. The summed E-state index contributed by atoms with van der Waals surface area (Å²) in [5.41, 5.74) is 5.99. The average molecular weight is 257 g/mol. The van der Waals surface area contributed by atoms with Crippen LogP contribution in [0.5, 0.6) is 0 Å². The molecule has 1 aromatic heterocycles. The van der Waals surface area contributed by atoms with Crippen LogP contribution in [0.3, 0.4) is 0 Å². The van der Waals surface area contributed by atoms with Crippen LogP contribution in [0.4, 0.5) is 11.5 Å². The predicted molar refractivity (Wildman–Crippen MR) is 67.4 cm³/mol. The van der Waals surface area contributed by atoms with Gasteiger partial charge in [-0.3, -0.25) is 10.1 Å². The first-order valence-corrected chi connectivity index (χ1v) is 5.77. The fourth-order valence-corrected chi connectivity index (χ4v) is 1.58. The molecule has 0 aromatic carbocycles. The van der Waals surface area contributed by atoms with Crippen molar-refractivity contribution in [3.63, 3.8) is 0 Å². The third kappa shape index (κ3) is 2.96. The predicted octanol–water partition coefficient (Wildman–Crippen LogP) is 0.240.